The fourth-order valence-corrected chi connectivity index (χ4v) is 3.10. The highest BCUT2D eigenvalue weighted by molar-refractivity contribution is 5.96. The van der Waals surface area contributed by atoms with Crippen LogP contribution in [0.2, 0.25) is 0 Å². The second kappa shape index (κ2) is 6.87. The van der Waals surface area contributed by atoms with Gasteiger partial charge in [0.05, 0.1) is 0 Å². The first-order valence-electron chi connectivity index (χ1n) is 8.29. The van der Waals surface area contributed by atoms with Crippen molar-refractivity contribution in [3.05, 3.63) is 64.7 Å². The lowest BCUT2D eigenvalue weighted by molar-refractivity contribution is -0.117. The number of carbonyl (C=O) groups is 2. The van der Waals surface area contributed by atoms with Crippen LogP contribution in [0.15, 0.2) is 42.5 Å². The maximum absolute atomic E-state index is 12.4. The van der Waals surface area contributed by atoms with Crippen LogP contribution in [-0.4, -0.2) is 18.4 Å². The quantitative estimate of drug-likeness (QED) is 0.938. The summed E-state index contributed by atoms with van der Waals surface area (Å²) in [6.07, 6.45) is 1.53. The molecule has 1 saturated heterocycles. The summed E-state index contributed by atoms with van der Waals surface area (Å²) in [7, 11) is 0. The van der Waals surface area contributed by atoms with E-state index in [-0.39, 0.29) is 11.8 Å². The zero-order valence-corrected chi connectivity index (χ0v) is 14.1. The number of rotatable bonds is 4. The fourth-order valence-electron chi connectivity index (χ4n) is 3.10. The van der Waals surface area contributed by atoms with E-state index in [9.17, 15) is 9.59 Å². The van der Waals surface area contributed by atoms with E-state index in [0.717, 1.165) is 35.3 Å². The molecular formula is C20H22N2O2. The largest absolute Gasteiger partial charge is 0.348 e. The minimum atomic E-state index is -0.0739. The van der Waals surface area contributed by atoms with Crippen LogP contribution in [0, 0.1) is 13.8 Å². The average molecular weight is 322 g/mol. The molecule has 0 saturated carbocycles. The molecule has 1 heterocycles. The highest BCUT2D eigenvalue weighted by atomic mass is 16.2. The maximum Gasteiger partial charge on any atom is 0.251 e. The van der Waals surface area contributed by atoms with Gasteiger partial charge in [0.2, 0.25) is 5.91 Å². The normalized spacial score (nSPS) is 14.1. The van der Waals surface area contributed by atoms with E-state index >= 15 is 0 Å². The van der Waals surface area contributed by atoms with Crippen LogP contribution in [0.5, 0.6) is 0 Å². The van der Waals surface area contributed by atoms with E-state index in [1.165, 1.54) is 0 Å². The van der Waals surface area contributed by atoms with Crippen molar-refractivity contribution in [3.8, 4) is 0 Å². The van der Waals surface area contributed by atoms with Gasteiger partial charge in [0.15, 0.2) is 0 Å². The molecule has 24 heavy (non-hydrogen) atoms. The number of nitrogens with zero attached hydrogens (tertiary/aromatic N) is 1. The molecule has 0 aromatic heterocycles. The molecule has 2 aromatic rings. The number of hydrogen-bond donors (Lipinski definition) is 1. The zero-order valence-electron chi connectivity index (χ0n) is 14.1. The third-order valence-corrected chi connectivity index (χ3v) is 4.38. The van der Waals surface area contributed by atoms with Crippen molar-refractivity contribution >= 4 is 17.5 Å². The molecule has 124 valence electrons. The molecule has 0 bridgehead atoms. The Balaban J connectivity index is 1.68. The average Bonchev–Trinajstić information content (AvgIpc) is 2.99. The number of benzene rings is 2. The molecule has 2 aromatic carbocycles. The van der Waals surface area contributed by atoms with Crippen molar-refractivity contribution in [2.24, 2.45) is 0 Å². The van der Waals surface area contributed by atoms with Gasteiger partial charge >= 0.3 is 0 Å². The summed E-state index contributed by atoms with van der Waals surface area (Å²) in [6, 6.07) is 13.6. The third-order valence-electron chi connectivity index (χ3n) is 4.38. The Morgan fingerprint density at radius 1 is 1.17 bits per heavy atom. The molecule has 1 fully saturated rings. The summed E-state index contributed by atoms with van der Waals surface area (Å²) >= 11 is 0. The highest BCUT2D eigenvalue weighted by Gasteiger charge is 2.21. The van der Waals surface area contributed by atoms with Crippen molar-refractivity contribution in [2.75, 3.05) is 11.4 Å². The van der Waals surface area contributed by atoms with Crippen molar-refractivity contribution in [1.82, 2.24) is 5.32 Å². The van der Waals surface area contributed by atoms with E-state index in [0.29, 0.717) is 18.5 Å². The minimum Gasteiger partial charge on any atom is -0.348 e. The molecule has 1 aliphatic rings. The summed E-state index contributed by atoms with van der Waals surface area (Å²) < 4.78 is 0. The number of anilines is 1. The van der Waals surface area contributed by atoms with Gasteiger partial charge in [-0.25, -0.2) is 0 Å². The first kappa shape index (κ1) is 16.2. The predicted octanol–water partition coefficient (Wildman–Crippen LogP) is 3.36. The van der Waals surface area contributed by atoms with Crippen LogP contribution in [-0.2, 0) is 11.3 Å². The highest BCUT2D eigenvalue weighted by Crippen LogP contribution is 2.22. The van der Waals surface area contributed by atoms with Gasteiger partial charge in [-0.1, -0.05) is 29.8 Å². The van der Waals surface area contributed by atoms with Crippen LogP contribution < -0.4 is 10.2 Å². The Morgan fingerprint density at radius 3 is 2.71 bits per heavy atom. The summed E-state index contributed by atoms with van der Waals surface area (Å²) in [5.74, 6) is 0.0987. The first-order valence-corrected chi connectivity index (χ1v) is 8.29. The summed E-state index contributed by atoms with van der Waals surface area (Å²) in [5.41, 5.74) is 4.73. The van der Waals surface area contributed by atoms with E-state index < -0.39 is 0 Å². The molecule has 4 heteroatoms. The van der Waals surface area contributed by atoms with Crippen LogP contribution in [0.4, 0.5) is 5.69 Å². The Kier molecular flexibility index (Phi) is 4.65. The van der Waals surface area contributed by atoms with E-state index in [4.69, 9.17) is 0 Å². The second-order valence-electron chi connectivity index (χ2n) is 6.32. The van der Waals surface area contributed by atoms with Gasteiger partial charge in [0.1, 0.15) is 0 Å². The van der Waals surface area contributed by atoms with Crippen molar-refractivity contribution < 1.29 is 9.59 Å². The van der Waals surface area contributed by atoms with Crippen LogP contribution >= 0.6 is 0 Å². The second-order valence-corrected chi connectivity index (χ2v) is 6.32. The van der Waals surface area contributed by atoms with Gasteiger partial charge in [0.25, 0.3) is 5.91 Å². The number of aryl methyl sites for hydroxylation is 2. The smallest absolute Gasteiger partial charge is 0.251 e. The van der Waals surface area contributed by atoms with Gasteiger partial charge in [-0.05, 0) is 49.6 Å². The zero-order chi connectivity index (χ0) is 17.1. The lowest BCUT2D eigenvalue weighted by Gasteiger charge is -2.17. The van der Waals surface area contributed by atoms with Crippen molar-refractivity contribution in [3.63, 3.8) is 0 Å². The summed E-state index contributed by atoms with van der Waals surface area (Å²) in [6.45, 7) is 5.18. The third kappa shape index (κ3) is 3.48. The molecular weight excluding hydrogens is 300 g/mol. The number of amides is 2. The number of hydrogen-bond acceptors (Lipinski definition) is 2. The molecule has 0 spiro atoms. The molecule has 0 atom stereocenters. The van der Waals surface area contributed by atoms with Crippen LogP contribution in [0.25, 0.3) is 0 Å². The van der Waals surface area contributed by atoms with E-state index in [1.807, 2.05) is 61.2 Å². The van der Waals surface area contributed by atoms with E-state index in [1.54, 1.807) is 0 Å². The van der Waals surface area contributed by atoms with Crippen molar-refractivity contribution in [1.29, 1.82) is 0 Å². The van der Waals surface area contributed by atoms with Crippen molar-refractivity contribution in [2.45, 2.75) is 33.2 Å². The monoisotopic (exact) mass is 322 g/mol. The molecule has 3 rings (SSSR count). The topological polar surface area (TPSA) is 49.4 Å². The Bertz CT molecular complexity index is 783. The fraction of sp³-hybridized carbons (Fsp3) is 0.300. The Hall–Kier alpha value is -2.62. The van der Waals surface area contributed by atoms with Crippen LogP contribution in [0.3, 0.4) is 0 Å². The predicted molar refractivity (Wildman–Crippen MR) is 95.1 cm³/mol. The number of carbonyl (C=O) groups excluding carboxylic acids is 2. The Labute approximate surface area is 142 Å². The Morgan fingerprint density at radius 2 is 2.00 bits per heavy atom. The summed E-state index contributed by atoms with van der Waals surface area (Å²) in [5, 5.41) is 2.96. The lowest BCUT2D eigenvalue weighted by Crippen LogP contribution is -2.25. The van der Waals surface area contributed by atoms with Gasteiger partial charge in [-0.15, -0.1) is 0 Å². The molecule has 0 unspecified atom stereocenters. The van der Waals surface area contributed by atoms with Gasteiger partial charge in [0, 0.05) is 30.8 Å². The molecule has 2 amide bonds. The van der Waals surface area contributed by atoms with E-state index in [2.05, 4.69) is 5.32 Å². The first-order chi connectivity index (χ1) is 11.5. The molecule has 1 aliphatic heterocycles. The lowest BCUT2D eigenvalue weighted by atomic mass is 10.1. The van der Waals surface area contributed by atoms with Gasteiger partial charge in [-0.3, -0.25) is 9.59 Å². The summed E-state index contributed by atoms with van der Waals surface area (Å²) in [4.78, 5) is 26.0. The van der Waals surface area contributed by atoms with Gasteiger partial charge < -0.3 is 10.2 Å². The minimum absolute atomic E-state index is 0.0739. The standard InChI is InChI=1S/C20H22N2O2/c1-14-8-9-18(15(2)11-14)20(24)21-13-16-5-3-6-17(12-16)22-10-4-7-19(22)23/h3,5-6,8-9,11-12H,4,7,10,13H2,1-2H3,(H,21,24). The number of nitrogens with one attached hydrogen (secondary N) is 1. The molecule has 0 aliphatic carbocycles. The van der Waals surface area contributed by atoms with Crippen LogP contribution in [0.1, 0.15) is 39.9 Å². The maximum atomic E-state index is 12.4. The SMILES string of the molecule is Cc1ccc(C(=O)NCc2cccc(N3CCCC3=O)c2)c(C)c1. The molecule has 1 N–H and O–H groups in total. The molecule has 4 nitrogen and oxygen atoms in total. The van der Waals surface area contributed by atoms with Gasteiger partial charge in [-0.2, -0.15) is 0 Å². The molecule has 0 radical (unpaired) electrons.